The SMILES string of the molecule is CC1CC=CC2C1C(=O)C(Cc1ccccc1)C2c1ccc2ccccc2c1. The van der Waals surface area contributed by atoms with E-state index < -0.39 is 0 Å². The Morgan fingerprint density at radius 2 is 1.61 bits per heavy atom. The van der Waals surface area contributed by atoms with E-state index in [-0.39, 0.29) is 17.8 Å². The van der Waals surface area contributed by atoms with Gasteiger partial charge in [-0.25, -0.2) is 0 Å². The molecule has 3 aromatic rings. The minimum Gasteiger partial charge on any atom is -0.299 e. The van der Waals surface area contributed by atoms with E-state index in [0.717, 1.165) is 12.8 Å². The van der Waals surface area contributed by atoms with Crippen LogP contribution in [-0.4, -0.2) is 5.78 Å². The van der Waals surface area contributed by atoms with E-state index in [1.807, 2.05) is 6.07 Å². The number of Topliss-reactive ketones (excluding diaryl/α,β-unsaturated/α-hetero) is 1. The van der Waals surface area contributed by atoms with Crippen molar-refractivity contribution >= 4 is 16.6 Å². The van der Waals surface area contributed by atoms with E-state index in [4.69, 9.17) is 0 Å². The highest BCUT2D eigenvalue weighted by atomic mass is 16.1. The molecule has 2 aliphatic rings. The van der Waals surface area contributed by atoms with Gasteiger partial charge in [0.05, 0.1) is 0 Å². The van der Waals surface area contributed by atoms with Crippen molar-refractivity contribution in [2.45, 2.75) is 25.7 Å². The predicted octanol–water partition coefficient (Wildman–Crippen LogP) is 6.19. The van der Waals surface area contributed by atoms with Crippen molar-refractivity contribution in [3.63, 3.8) is 0 Å². The summed E-state index contributed by atoms with van der Waals surface area (Å²) in [5.41, 5.74) is 2.58. The molecule has 1 saturated carbocycles. The smallest absolute Gasteiger partial charge is 0.140 e. The van der Waals surface area contributed by atoms with E-state index in [9.17, 15) is 4.79 Å². The van der Waals surface area contributed by atoms with Gasteiger partial charge < -0.3 is 0 Å². The first-order valence-electron chi connectivity index (χ1n) is 10.5. The Kier molecular flexibility index (Phi) is 4.39. The molecule has 1 fully saturated rings. The third-order valence-corrected chi connectivity index (χ3v) is 6.89. The second-order valence-electron chi connectivity index (χ2n) is 8.58. The second kappa shape index (κ2) is 7.05. The molecule has 5 rings (SSSR count). The molecule has 140 valence electrons. The van der Waals surface area contributed by atoms with Gasteiger partial charge in [0, 0.05) is 17.8 Å². The Bertz CT molecular complexity index is 1030. The van der Waals surface area contributed by atoms with E-state index >= 15 is 0 Å². The number of benzene rings is 3. The van der Waals surface area contributed by atoms with Crippen LogP contribution in [-0.2, 0) is 11.2 Å². The van der Waals surface area contributed by atoms with Gasteiger partial charge >= 0.3 is 0 Å². The van der Waals surface area contributed by atoms with E-state index in [2.05, 4.69) is 85.8 Å². The second-order valence-corrected chi connectivity index (χ2v) is 8.58. The molecule has 0 bridgehead atoms. The van der Waals surface area contributed by atoms with Crippen LogP contribution in [0.1, 0.15) is 30.4 Å². The topological polar surface area (TPSA) is 17.1 Å². The van der Waals surface area contributed by atoms with Gasteiger partial charge in [-0.2, -0.15) is 0 Å². The summed E-state index contributed by atoms with van der Waals surface area (Å²) in [5, 5.41) is 2.53. The Balaban J connectivity index is 1.60. The number of hydrogen-bond acceptors (Lipinski definition) is 1. The number of fused-ring (bicyclic) bond motifs is 2. The van der Waals surface area contributed by atoms with Gasteiger partial charge in [0.1, 0.15) is 5.78 Å². The fourth-order valence-electron chi connectivity index (χ4n) is 5.57. The summed E-state index contributed by atoms with van der Waals surface area (Å²) in [6, 6.07) is 25.8. The molecular formula is C27H26O. The molecule has 0 N–H and O–H groups in total. The summed E-state index contributed by atoms with van der Waals surface area (Å²) in [7, 11) is 0. The van der Waals surface area contributed by atoms with Gasteiger partial charge in [-0.1, -0.05) is 91.9 Å². The predicted molar refractivity (Wildman–Crippen MR) is 115 cm³/mol. The molecule has 1 heteroatoms. The Morgan fingerprint density at radius 3 is 2.43 bits per heavy atom. The van der Waals surface area contributed by atoms with Crippen LogP contribution in [0.3, 0.4) is 0 Å². The van der Waals surface area contributed by atoms with Gasteiger partial charge in [-0.3, -0.25) is 4.79 Å². The van der Waals surface area contributed by atoms with Crippen molar-refractivity contribution < 1.29 is 4.79 Å². The molecule has 0 aliphatic heterocycles. The van der Waals surface area contributed by atoms with E-state index in [0.29, 0.717) is 17.6 Å². The molecule has 0 amide bonds. The molecule has 0 saturated heterocycles. The maximum atomic E-state index is 13.6. The molecule has 28 heavy (non-hydrogen) atoms. The minimum absolute atomic E-state index is 0.0590. The van der Waals surface area contributed by atoms with Crippen LogP contribution in [0.25, 0.3) is 10.8 Å². The summed E-state index contributed by atoms with van der Waals surface area (Å²) in [4.78, 5) is 13.6. The number of carbonyl (C=O) groups is 1. The molecule has 0 spiro atoms. The lowest BCUT2D eigenvalue weighted by Crippen LogP contribution is -2.26. The summed E-state index contributed by atoms with van der Waals surface area (Å²) >= 11 is 0. The lowest BCUT2D eigenvalue weighted by Gasteiger charge is -2.29. The molecule has 0 radical (unpaired) electrons. The molecule has 0 heterocycles. The number of ketones is 1. The summed E-state index contributed by atoms with van der Waals surface area (Å²) < 4.78 is 0. The van der Waals surface area contributed by atoms with Crippen LogP contribution in [0.2, 0.25) is 0 Å². The average molecular weight is 367 g/mol. The molecule has 5 unspecified atom stereocenters. The Labute approximate surface area is 167 Å². The van der Waals surface area contributed by atoms with Crippen LogP contribution in [0, 0.1) is 23.7 Å². The lowest BCUT2D eigenvalue weighted by atomic mass is 9.74. The molecule has 2 aliphatic carbocycles. The Morgan fingerprint density at radius 1 is 0.857 bits per heavy atom. The van der Waals surface area contributed by atoms with Crippen molar-refractivity contribution in [2.24, 2.45) is 23.7 Å². The van der Waals surface area contributed by atoms with Crippen molar-refractivity contribution in [3.8, 4) is 0 Å². The number of hydrogen-bond donors (Lipinski definition) is 0. The zero-order chi connectivity index (χ0) is 19.1. The molecule has 5 atom stereocenters. The van der Waals surface area contributed by atoms with E-state index in [1.165, 1.54) is 21.9 Å². The Hall–Kier alpha value is -2.67. The van der Waals surface area contributed by atoms with Crippen LogP contribution < -0.4 is 0 Å². The fraction of sp³-hybridized carbons (Fsp3) is 0.296. The lowest BCUT2D eigenvalue weighted by molar-refractivity contribution is -0.125. The van der Waals surface area contributed by atoms with Crippen LogP contribution in [0.15, 0.2) is 84.9 Å². The third-order valence-electron chi connectivity index (χ3n) is 6.89. The first kappa shape index (κ1) is 17.4. The minimum atomic E-state index is 0.0590. The highest BCUT2D eigenvalue weighted by Gasteiger charge is 2.51. The molecule has 0 aromatic heterocycles. The maximum Gasteiger partial charge on any atom is 0.140 e. The van der Waals surface area contributed by atoms with Crippen molar-refractivity contribution in [1.29, 1.82) is 0 Å². The van der Waals surface area contributed by atoms with Gasteiger partial charge in [0.25, 0.3) is 0 Å². The van der Waals surface area contributed by atoms with Crippen LogP contribution in [0.4, 0.5) is 0 Å². The highest BCUT2D eigenvalue weighted by Crippen LogP contribution is 2.52. The standard InChI is InChI=1S/C27H26O/c1-18-8-7-13-23-25(18)27(28)24(16-19-9-3-2-4-10-19)26(23)22-15-14-20-11-5-6-12-21(20)17-22/h2-7,9-15,17-18,23-26H,8,16H2,1H3. The van der Waals surface area contributed by atoms with E-state index in [1.54, 1.807) is 0 Å². The number of allylic oxidation sites excluding steroid dienone is 2. The quantitative estimate of drug-likeness (QED) is 0.505. The summed E-state index contributed by atoms with van der Waals surface area (Å²) in [6.07, 6.45) is 6.51. The van der Waals surface area contributed by atoms with Crippen LogP contribution >= 0.6 is 0 Å². The zero-order valence-corrected chi connectivity index (χ0v) is 16.3. The van der Waals surface area contributed by atoms with Gasteiger partial charge in [-0.05, 0) is 46.6 Å². The van der Waals surface area contributed by atoms with Gasteiger partial charge in [0.15, 0.2) is 0 Å². The van der Waals surface area contributed by atoms with Gasteiger partial charge in [0.2, 0.25) is 0 Å². The molecule has 3 aromatic carbocycles. The third kappa shape index (κ3) is 2.90. The highest BCUT2D eigenvalue weighted by molar-refractivity contribution is 5.89. The first-order chi connectivity index (χ1) is 13.7. The summed E-state index contributed by atoms with van der Waals surface area (Å²) in [5.74, 6) is 1.72. The average Bonchev–Trinajstić information content (AvgIpc) is 3.01. The van der Waals surface area contributed by atoms with Gasteiger partial charge in [-0.15, -0.1) is 0 Å². The normalized spacial score (nSPS) is 29.2. The first-order valence-corrected chi connectivity index (χ1v) is 10.5. The maximum absolute atomic E-state index is 13.6. The fourth-order valence-corrected chi connectivity index (χ4v) is 5.57. The zero-order valence-electron chi connectivity index (χ0n) is 16.3. The van der Waals surface area contributed by atoms with Crippen LogP contribution in [0.5, 0.6) is 0 Å². The number of carbonyl (C=O) groups excluding carboxylic acids is 1. The molecule has 1 nitrogen and oxygen atoms in total. The summed E-state index contributed by atoms with van der Waals surface area (Å²) in [6.45, 7) is 2.25. The van der Waals surface area contributed by atoms with Crippen molar-refractivity contribution in [1.82, 2.24) is 0 Å². The van der Waals surface area contributed by atoms with Crippen molar-refractivity contribution in [2.75, 3.05) is 0 Å². The molecular weight excluding hydrogens is 340 g/mol. The van der Waals surface area contributed by atoms with Crippen molar-refractivity contribution in [3.05, 3.63) is 96.1 Å². The monoisotopic (exact) mass is 366 g/mol. The number of rotatable bonds is 3. The largest absolute Gasteiger partial charge is 0.299 e.